The van der Waals surface area contributed by atoms with Crippen LogP contribution in [-0.2, 0) is 9.59 Å². The molecule has 140 valence electrons. The van der Waals surface area contributed by atoms with E-state index in [1.54, 1.807) is 0 Å². The molecule has 4 rings (SSSR count). The van der Waals surface area contributed by atoms with Gasteiger partial charge >= 0.3 is 0 Å². The molecule has 3 aliphatic rings. The molecule has 0 aliphatic carbocycles. The molecular weight excluding hydrogens is 340 g/mol. The molecule has 1 aromatic carbocycles. The minimum absolute atomic E-state index is 0.00865. The monoisotopic (exact) mass is 363 g/mol. The number of anilines is 1. The van der Waals surface area contributed by atoms with Crippen LogP contribution in [0, 0.1) is 29.4 Å². The largest absolute Gasteiger partial charge is 0.342 e. The van der Waals surface area contributed by atoms with Crippen LogP contribution in [0.4, 0.5) is 14.5 Å². The molecule has 3 heterocycles. The lowest BCUT2D eigenvalue weighted by Gasteiger charge is -2.24. The molecule has 0 saturated carbocycles. The first-order valence-corrected chi connectivity index (χ1v) is 9.27. The molecule has 2 amide bonds. The lowest BCUT2D eigenvalue weighted by atomic mass is 9.92. The maximum atomic E-state index is 13.5. The molecule has 26 heavy (non-hydrogen) atoms. The van der Waals surface area contributed by atoms with Crippen molar-refractivity contribution in [2.75, 3.05) is 37.6 Å². The topological polar surface area (TPSA) is 52.7 Å². The molecule has 3 aliphatic heterocycles. The van der Waals surface area contributed by atoms with Gasteiger partial charge in [0.1, 0.15) is 11.6 Å². The molecule has 0 spiro atoms. The minimum atomic E-state index is -0.727. The zero-order valence-electron chi connectivity index (χ0n) is 14.6. The second-order valence-corrected chi connectivity index (χ2v) is 7.61. The third kappa shape index (κ3) is 3.32. The van der Waals surface area contributed by atoms with Crippen molar-refractivity contribution in [1.82, 2.24) is 10.2 Å². The number of benzene rings is 1. The van der Waals surface area contributed by atoms with Crippen LogP contribution in [0.2, 0.25) is 0 Å². The molecule has 0 radical (unpaired) electrons. The average molecular weight is 363 g/mol. The van der Waals surface area contributed by atoms with Gasteiger partial charge in [-0.2, -0.15) is 0 Å². The van der Waals surface area contributed by atoms with Gasteiger partial charge in [-0.15, -0.1) is 0 Å². The van der Waals surface area contributed by atoms with Gasteiger partial charge in [-0.05, 0) is 49.9 Å². The van der Waals surface area contributed by atoms with Gasteiger partial charge in [0.2, 0.25) is 11.8 Å². The molecule has 3 fully saturated rings. The van der Waals surface area contributed by atoms with E-state index in [4.69, 9.17) is 0 Å². The summed E-state index contributed by atoms with van der Waals surface area (Å²) in [5, 5.41) is 3.41. The molecule has 3 saturated heterocycles. The van der Waals surface area contributed by atoms with Crippen LogP contribution in [0.3, 0.4) is 0 Å². The summed E-state index contributed by atoms with van der Waals surface area (Å²) in [6, 6.07) is 3.04. The highest BCUT2D eigenvalue weighted by molar-refractivity contribution is 6.00. The van der Waals surface area contributed by atoms with Gasteiger partial charge in [0.15, 0.2) is 0 Å². The summed E-state index contributed by atoms with van der Waals surface area (Å²) in [6.07, 6.45) is 2.08. The van der Waals surface area contributed by atoms with Gasteiger partial charge in [0.25, 0.3) is 0 Å². The van der Waals surface area contributed by atoms with E-state index in [-0.39, 0.29) is 30.5 Å². The molecule has 0 bridgehead atoms. The van der Waals surface area contributed by atoms with Gasteiger partial charge in [0.05, 0.1) is 5.92 Å². The Labute approximate surface area is 151 Å². The Morgan fingerprint density at radius 2 is 1.65 bits per heavy atom. The van der Waals surface area contributed by atoms with Crippen molar-refractivity contribution >= 4 is 17.5 Å². The van der Waals surface area contributed by atoms with E-state index in [0.717, 1.165) is 57.2 Å². The number of carbonyl (C=O) groups is 2. The quantitative estimate of drug-likeness (QED) is 0.871. The van der Waals surface area contributed by atoms with Gasteiger partial charge in [0, 0.05) is 37.8 Å². The zero-order valence-corrected chi connectivity index (χ0v) is 14.6. The summed E-state index contributed by atoms with van der Waals surface area (Å²) in [5.41, 5.74) is 0.180. The summed E-state index contributed by atoms with van der Waals surface area (Å²) >= 11 is 0. The number of hydrogen-bond donors (Lipinski definition) is 1. The van der Waals surface area contributed by atoms with Gasteiger partial charge in [-0.3, -0.25) is 9.59 Å². The number of halogens is 2. The molecule has 0 aromatic heterocycles. The molecule has 7 heteroatoms. The van der Waals surface area contributed by atoms with Crippen molar-refractivity contribution in [2.45, 2.75) is 19.3 Å². The fourth-order valence-corrected chi connectivity index (χ4v) is 4.51. The third-order valence-electron chi connectivity index (χ3n) is 5.96. The van der Waals surface area contributed by atoms with Crippen molar-refractivity contribution in [1.29, 1.82) is 0 Å². The second-order valence-electron chi connectivity index (χ2n) is 7.61. The molecule has 1 N–H and O–H groups in total. The highest BCUT2D eigenvalue weighted by atomic mass is 19.1. The van der Waals surface area contributed by atoms with Crippen LogP contribution in [0.5, 0.6) is 0 Å². The van der Waals surface area contributed by atoms with Crippen molar-refractivity contribution in [3.63, 3.8) is 0 Å². The van der Waals surface area contributed by atoms with E-state index in [1.807, 2.05) is 4.90 Å². The summed E-state index contributed by atoms with van der Waals surface area (Å²) in [5.74, 6) is -0.903. The predicted octanol–water partition coefficient (Wildman–Crippen LogP) is 1.78. The van der Waals surface area contributed by atoms with Crippen molar-refractivity contribution in [3.8, 4) is 0 Å². The molecule has 5 nitrogen and oxygen atoms in total. The fourth-order valence-electron chi connectivity index (χ4n) is 4.51. The van der Waals surface area contributed by atoms with Crippen LogP contribution in [0.15, 0.2) is 18.2 Å². The number of nitrogens with one attached hydrogen (secondary N) is 1. The lowest BCUT2D eigenvalue weighted by Crippen LogP contribution is -2.38. The Morgan fingerprint density at radius 3 is 2.27 bits per heavy atom. The maximum absolute atomic E-state index is 13.5. The Hall–Kier alpha value is -2.02. The number of rotatable bonds is 2. The second kappa shape index (κ2) is 6.95. The van der Waals surface area contributed by atoms with E-state index in [1.165, 1.54) is 4.90 Å². The third-order valence-corrected chi connectivity index (χ3v) is 5.96. The van der Waals surface area contributed by atoms with E-state index in [9.17, 15) is 18.4 Å². The summed E-state index contributed by atoms with van der Waals surface area (Å²) in [6.45, 7) is 3.68. The number of carbonyl (C=O) groups excluding carboxylic acids is 2. The van der Waals surface area contributed by atoms with Gasteiger partial charge < -0.3 is 15.1 Å². The number of fused-ring (bicyclic) bond motifs is 1. The number of amides is 2. The van der Waals surface area contributed by atoms with E-state index in [0.29, 0.717) is 11.8 Å². The highest BCUT2D eigenvalue weighted by Crippen LogP contribution is 2.31. The lowest BCUT2D eigenvalue weighted by molar-refractivity contribution is -0.135. The average Bonchev–Trinajstić information content (AvgIpc) is 3.15. The van der Waals surface area contributed by atoms with Crippen LogP contribution in [0.25, 0.3) is 0 Å². The number of hydrogen-bond acceptors (Lipinski definition) is 3. The van der Waals surface area contributed by atoms with Crippen LogP contribution in [0.1, 0.15) is 19.3 Å². The van der Waals surface area contributed by atoms with Crippen molar-refractivity contribution < 1.29 is 18.4 Å². The Morgan fingerprint density at radius 1 is 1.04 bits per heavy atom. The summed E-state index contributed by atoms with van der Waals surface area (Å²) in [7, 11) is 0. The Kier molecular flexibility index (Phi) is 4.65. The van der Waals surface area contributed by atoms with Crippen molar-refractivity contribution in [3.05, 3.63) is 29.8 Å². The van der Waals surface area contributed by atoms with E-state index >= 15 is 0 Å². The first-order chi connectivity index (χ1) is 12.5. The zero-order chi connectivity index (χ0) is 18.3. The van der Waals surface area contributed by atoms with Gasteiger partial charge in [-0.1, -0.05) is 0 Å². The maximum Gasteiger partial charge on any atom is 0.228 e. The smallest absolute Gasteiger partial charge is 0.228 e. The normalized spacial score (nSPS) is 29.0. The molecule has 1 aromatic rings. The predicted molar refractivity (Wildman–Crippen MR) is 92.5 cm³/mol. The van der Waals surface area contributed by atoms with Crippen molar-refractivity contribution in [2.24, 2.45) is 17.8 Å². The highest BCUT2D eigenvalue weighted by Gasteiger charge is 2.39. The van der Waals surface area contributed by atoms with Crippen LogP contribution in [-0.4, -0.2) is 49.4 Å². The van der Waals surface area contributed by atoms with Crippen LogP contribution >= 0.6 is 0 Å². The van der Waals surface area contributed by atoms with Gasteiger partial charge in [-0.25, -0.2) is 8.78 Å². The molecular formula is C19H23F2N3O2. The SMILES string of the molecule is O=C(C1CC(=O)N(c2cc(F)cc(F)c2)C1)N1CC[C@@H]2CNC[C@@H]2CC1. The number of likely N-dealkylation sites (tertiary alicyclic amines) is 1. The standard InChI is InChI=1S/C19H23F2N3O2/c20-15-6-16(21)8-17(7-15)24-11-14(5-18(24)25)19(26)23-3-1-12-9-22-10-13(12)2-4-23/h6-8,12-14,22H,1-5,9-11H2/t12-,13+,14?. The van der Waals surface area contributed by atoms with Crippen LogP contribution < -0.4 is 10.2 Å². The first-order valence-electron chi connectivity index (χ1n) is 9.27. The molecule has 1 unspecified atom stereocenters. The van der Waals surface area contributed by atoms with E-state index < -0.39 is 17.6 Å². The Balaban J connectivity index is 1.43. The summed E-state index contributed by atoms with van der Waals surface area (Å²) in [4.78, 5) is 28.4. The number of nitrogens with zero attached hydrogens (tertiary/aromatic N) is 2. The Bertz CT molecular complexity index is 692. The fraction of sp³-hybridized carbons (Fsp3) is 0.579. The summed E-state index contributed by atoms with van der Waals surface area (Å²) < 4.78 is 26.9. The first kappa shape index (κ1) is 17.4. The minimum Gasteiger partial charge on any atom is -0.342 e. The van der Waals surface area contributed by atoms with E-state index in [2.05, 4.69) is 5.32 Å². The molecule has 3 atom stereocenters.